The summed E-state index contributed by atoms with van der Waals surface area (Å²) in [6.07, 6.45) is 5.17. The van der Waals surface area contributed by atoms with Crippen LogP contribution in [-0.2, 0) is 31.6 Å². The lowest BCUT2D eigenvalue weighted by Crippen LogP contribution is -2.07. The normalized spacial score (nSPS) is 11.8. The topological polar surface area (TPSA) is 82.5 Å². The lowest BCUT2D eigenvalue weighted by Gasteiger charge is -2.17. The summed E-state index contributed by atoms with van der Waals surface area (Å²) in [6.45, 7) is 4.21. The van der Waals surface area contributed by atoms with Crippen molar-refractivity contribution in [1.29, 1.82) is 0 Å². The highest BCUT2D eigenvalue weighted by molar-refractivity contribution is 7.53. The molecule has 3 rings (SSSR count). The first-order valence-corrected chi connectivity index (χ1v) is 12.6. The molecule has 0 aliphatic heterocycles. The second-order valence-electron chi connectivity index (χ2n) is 6.67. The van der Waals surface area contributed by atoms with Gasteiger partial charge in [0.1, 0.15) is 0 Å². The molecule has 1 aromatic carbocycles. The predicted molar refractivity (Wildman–Crippen MR) is 125 cm³/mol. The lowest BCUT2D eigenvalue weighted by molar-refractivity contribution is -0.111. The Bertz CT molecular complexity index is 1060. The van der Waals surface area contributed by atoms with Gasteiger partial charge >= 0.3 is 7.60 Å². The number of anilines is 1. The van der Waals surface area contributed by atoms with E-state index in [2.05, 4.69) is 10.4 Å². The Morgan fingerprint density at radius 3 is 2.52 bits per heavy atom. The van der Waals surface area contributed by atoms with Crippen LogP contribution < -0.4 is 5.32 Å². The molecule has 3 aromatic rings. The minimum atomic E-state index is -3.16. The number of nitrogens with zero attached hydrogens (tertiary/aromatic N) is 2. The molecule has 0 aliphatic rings. The quantitative estimate of drug-likeness (QED) is 0.317. The minimum Gasteiger partial charge on any atom is -0.323 e. The maximum atomic E-state index is 12.7. The lowest BCUT2D eigenvalue weighted by atomic mass is 10.2. The van der Waals surface area contributed by atoms with Crippen LogP contribution in [0.2, 0.25) is 0 Å². The van der Waals surface area contributed by atoms with Crippen molar-refractivity contribution >= 4 is 36.6 Å². The molecule has 31 heavy (non-hydrogen) atoms. The number of rotatable bonds is 10. The molecule has 0 bridgehead atoms. The summed E-state index contributed by atoms with van der Waals surface area (Å²) in [4.78, 5) is 13.5. The number of hydrogen-bond donors (Lipinski definition) is 1. The number of hydrogen-bond acceptors (Lipinski definition) is 6. The molecule has 2 aromatic heterocycles. The number of nitrogens with one attached hydrogen (secondary N) is 1. The standard InChI is InChI=1S/C22H26N3O4PS/c1-4-28-30(27,29-5-2)16-17-8-11-19(12-9-17)24-21(26)13-10-18-15-23-25(3)22(18)20-7-6-14-31-20/h6-15H,4-5,16H2,1-3H3,(H,24,26). The third-order valence-electron chi connectivity index (χ3n) is 4.39. The van der Waals surface area contributed by atoms with Crippen LogP contribution in [0, 0.1) is 0 Å². The molecule has 9 heteroatoms. The molecule has 0 fully saturated rings. The number of amides is 1. The van der Waals surface area contributed by atoms with Crippen molar-refractivity contribution in [3.8, 4) is 10.6 Å². The molecule has 0 radical (unpaired) electrons. The molecular weight excluding hydrogens is 433 g/mol. The Morgan fingerprint density at radius 1 is 1.19 bits per heavy atom. The Labute approximate surface area is 186 Å². The van der Waals surface area contributed by atoms with E-state index in [1.54, 1.807) is 66.4 Å². The monoisotopic (exact) mass is 459 g/mol. The first-order valence-electron chi connectivity index (χ1n) is 9.96. The van der Waals surface area contributed by atoms with E-state index in [1.807, 2.05) is 24.6 Å². The molecule has 0 spiro atoms. The third kappa shape index (κ3) is 6.24. The van der Waals surface area contributed by atoms with Crippen LogP contribution in [-0.4, -0.2) is 28.9 Å². The maximum absolute atomic E-state index is 12.7. The number of carbonyl (C=O) groups is 1. The van der Waals surface area contributed by atoms with Crippen molar-refractivity contribution in [3.63, 3.8) is 0 Å². The Morgan fingerprint density at radius 2 is 1.90 bits per heavy atom. The summed E-state index contributed by atoms with van der Waals surface area (Å²) in [5, 5.41) is 9.14. The van der Waals surface area contributed by atoms with Crippen molar-refractivity contribution in [2.24, 2.45) is 7.05 Å². The van der Waals surface area contributed by atoms with Gasteiger partial charge in [-0.05, 0) is 49.1 Å². The molecule has 0 saturated carbocycles. The summed E-state index contributed by atoms with van der Waals surface area (Å²) in [6, 6.07) is 11.2. The highest BCUT2D eigenvalue weighted by atomic mass is 32.1. The van der Waals surface area contributed by atoms with Crippen molar-refractivity contribution in [2.45, 2.75) is 20.0 Å². The van der Waals surface area contributed by atoms with Gasteiger partial charge in [-0.3, -0.25) is 14.0 Å². The van der Waals surface area contributed by atoms with Crippen LogP contribution in [0.4, 0.5) is 5.69 Å². The molecule has 2 heterocycles. The summed E-state index contributed by atoms with van der Waals surface area (Å²) >= 11 is 1.62. The van der Waals surface area contributed by atoms with E-state index in [4.69, 9.17) is 9.05 Å². The predicted octanol–water partition coefficient (Wildman–Crippen LogP) is 5.57. The fraction of sp³-hybridized carbons (Fsp3) is 0.273. The number of benzene rings is 1. The zero-order valence-electron chi connectivity index (χ0n) is 17.8. The van der Waals surface area contributed by atoms with Gasteiger partial charge < -0.3 is 14.4 Å². The van der Waals surface area contributed by atoms with Crippen molar-refractivity contribution in [2.75, 3.05) is 18.5 Å². The SMILES string of the molecule is CCOP(=O)(Cc1ccc(NC(=O)C=Cc2cnn(C)c2-c2cccs2)cc1)OCC. The molecular formula is C22H26N3O4PS. The van der Waals surface area contributed by atoms with Crippen LogP contribution in [0.5, 0.6) is 0 Å². The highest BCUT2D eigenvalue weighted by Crippen LogP contribution is 2.51. The van der Waals surface area contributed by atoms with Crippen LogP contribution in [0.1, 0.15) is 25.0 Å². The van der Waals surface area contributed by atoms with Crippen molar-refractivity contribution in [3.05, 3.63) is 65.2 Å². The fourth-order valence-corrected chi connectivity index (χ4v) is 5.60. The minimum absolute atomic E-state index is 0.190. The van der Waals surface area contributed by atoms with E-state index in [9.17, 15) is 9.36 Å². The number of thiophene rings is 1. The summed E-state index contributed by atoms with van der Waals surface area (Å²) in [5.41, 5.74) is 3.30. The second kappa shape index (κ2) is 10.7. The van der Waals surface area contributed by atoms with E-state index < -0.39 is 7.60 Å². The smallest absolute Gasteiger partial charge is 0.323 e. The molecule has 1 N–H and O–H groups in total. The number of aryl methyl sites for hydroxylation is 1. The molecule has 7 nitrogen and oxygen atoms in total. The summed E-state index contributed by atoms with van der Waals surface area (Å²) in [5.74, 6) is -0.247. The van der Waals surface area contributed by atoms with Gasteiger partial charge in [0.2, 0.25) is 5.91 Å². The van der Waals surface area contributed by atoms with Crippen LogP contribution >= 0.6 is 18.9 Å². The molecule has 1 amide bonds. The van der Waals surface area contributed by atoms with E-state index in [1.165, 1.54) is 6.08 Å². The highest BCUT2D eigenvalue weighted by Gasteiger charge is 2.23. The van der Waals surface area contributed by atoms with Gasteiger partial charge in [0.25, 0.3) is 0 Å². The Kier molecular flexibility index (Phi) is 7.98. The van der Waals surface area contributed by atoms with Gasteiger partial charge in [0, 0.05) is 24.4 Å². The van der Waals surface area contributed by atoms with E-state index >= 15 is 0 Å². The van der Waals surface area contributed by atoms with Gasteiger partial charge in [0.15, 0.2) is 0 Å². The summed E-state index contributed by atoms with van der Waals surface area (Å²) < 4.78 is 25.1. The number of carbonyl (C=O) groups excluding carboxylic acids is 1. The van der Waals surface area contributed by atoms with Crippen LogP contribution in [0.3, 0.4) is 0 Å². The van der Waals surface area contributed by atoms with Crippen molar-refractivity contribution in [1.82, 2.24) is 9.78 Å². The van der Waals surface area contributed by atoms with E-state index in [0.717, 1.165) is 21.7 Å². The zero-order valence-corrected chi connectivity index (χ0v) is 19.5. The van der Waals surface area contributed by atoms with Crippen LogP contribution in [0.15, 0.2) is 54.1 Å². The largest absolute Gasteiger partial charge is 0.335 e. The molecule has 0 atom stereocenters. The Balaban J connectivity index is 1.64. The van der Waals surface area contributed by atoms with E-state index in [0.29, 0.717) is 18.9 Å². The van der Waals surface area contributed by atoms with Gasteiger partial charge in [-0.2, -0.15) is 5.10 Å². The van der Waals surface area contributed by atoms with Gasteiger partial charge in [-0.15, -0.1) is 11.3 Å². The molecule has 164 valence electrons. The summed E-state index contributed by atoms with van der Waals surface area (Å²) in [7, 11) is -1.28. The molecule has 0 unspecified atom stereocenters. The first kappa shape index (κ1) is 23.2. The van der Waals surface area contributed by atoms with Crippen molar-refractivity contribution < 1.29 is 18.4 Å². The zero-order chi connectivity index (χ0) is 22.3. The number of aromatic nitrogens is 2. The van der Waals surface area contributed by atoms with Gasteiger partial charge in [0.05, 0.1) is 36.1 Å². The molecule has 0 aliphatic carbocycles. The first-order chi connectivity index (χ1) is 14.9. The maximum Gasteiger partial charge on any atom is 0.335 e. The second-order valence-corrected chi connectivity index (χ2v) is 9.68. The van der Waals surface area contributed by atoms with Gasteiger partial charge in [-0.1, -0.05) is 18.2 Å². The fourth-order valence-electron chi connectivity index (χ4n) is 3.08. The van der Waals surface area contributed by atoms with E-state index in [-0.39, 0.29) is 12.1 Å². The average molecular weight is 460 g/mol. The molecule has 0 saturated heterocycles. The third-order valence-corrected chi connectivity index (χ3v) is 7.32. The Hall–Kier alpha value is -2.51. The van der Waals surface area contributed by atoms with Gasteiger partial charge in [-0.25, -0.2) is 0 Å². The van der Waals surface area contributed by atoms with Crippen LogP contribution in [0.25, 0.3) is 16.6 Å². The average Bonchev–Trinajstić information content (AvgIpc) is 3.37.